The van der Waals surface area contributed by atoms with Gasteiger partial charge in [-0.25, -0.2) is 4.98 Å². The molecule has 4 rings (SSSR count). The molecule has 1 aliphatic heterocycles. The summed E-state index contributed by atoms with van der Waals surface area (Å²) < 4.78 is 44.4. The van der Waals surface area contributed by atoms with Crippen LogP contribution in [0.15, 0.2) is 30.6 Å². The third-order valence-corrected chi connectivity index (χ3v) is 4.37. The molecule has 0 radical (unpaired) electrons. The summed E-state index contributed by atoms with van der Waals surface area (Å²) in [5.41, 5.74) is 0.410. The number of hydrogen-bond donors (Lipinski definition) is 2. The van der Waals surface area contributed by atoms with Gasteiger partial charge in [0, 0.05) is 31.6 Å². The summed E-state index contributed by atoms with van der Waals surface area (Å²) in [4.78, 5) is 8.44. The average Bonchev–Trinajstić information content (AvgIpc) is 3.07. The number of aromatic amines is 1. The lowest BCUT2D eigenvalue weighted by atomic mass is 10.1. The molecule has 4 heterocycles. The van der Waals surface area contributed by atoms with E-state index < -0.39 is 11.7 Å². The molecular formula is C17H16F3N5O. The Kier molecular flexibility index (Phi) is 4.23. The quantitative estimate of drug-likeness (QED) is 0.743. The molecule has 0 aromatic carbocycles. The smallest absolute Gasteiger partial charge is 0.381 e. The second-order valence-electron chi connectivity index (χ2n) is 6.11. The van der Waals surface area contributed by atoms with Crippen molar-refractivity contribution >= 4 is 16.7 Å². The van der Waals surface area contributed by atoms with Crippen LogP contribution in [-0.4, -0.2) is 39.4 Å². The number of nitrogens with zero attached hydrogens (tertiary/aromatic N) is 3. The van der Waals surface area contributed by atoms with Crippen LogP contribution in [0.2, 0.25) is 0 Å². The minimum Gasteiger partial charge on any atom is -0.381 e. The van der Waals surface area contributed by atoms with Gasteiger partial charge in [-0.2, -0.15) is 18.3 Å². The first-order chi connectivity index (χ1) is 12.5. The molecule has 0 aliphatic carbocycles. The summed E-state index contributed by atoms with van der Waals surface area (Å²) in [6.45, 7) is 1.34. The summed E-state index contributed by atoms with van der Waals surface area (Å²) in [6, 6.07) is 3.87. The maximum atomic E-state index is 13.0. The van der Waals surface area contributed by atoms with Crippen LogP contribution in [0.5, 0.6) is 0 Å². The zero-order valence-electron chi connectivity index (χ0n) is 13.7. The predicted molar refractivity (Wildman–Crippen MR) is 89.6 cm³/mol. The maximum Gasteiger partial charge on any atom is 0.416 e. The van der Waals surface area contributed by atoms with Crippen molar-refractivity contribution in [3.05, 3.63) is 36.2 Å². The Morgan fingerprint density at radius 2 is 1.88 bits per heavy atom. The van der Waals surface area contributed by atoms with E-state index in [1.54, 1.807) is 12.3 Å². The van der Waals surface area contributed by atoms with E-state index in [4.69, 9.17) is 4.74 Å². The second kappa shape index (κ2) is 6.56. The molecule has 1 saturated heterocycles. The molecular weight excluding hydrogens is 347 g/mol. The van der Waals surface area contributed by atoms with Crippen LogP contribution in [0.3, 0.4) is 0 Å². The van der Waals surface area contributed by atoms with Crippen molar-refractivity contribution in [2.75, 3.05) is 18.5 Å². The van der Waals surface area contributed by atoms with E-state index in [-0.39, 0.29) is 11.7 Å². The molecule has 136 valence electrons. The van der Waals surface area contributed by atoms with Crippen LogP contribution in [0.25, 0.3) is 22.3 Å². The first-order valence-corrected chi connectivity index (χ1v) is 8.23. The summed E-state index contributed by atoms with van der Waals surface area (Å²) in [5.74, 6) is 0.581. The Morgan fingerprint density at radius 3 is 2.65 bits per heavy atom. The van der Waals surface area contributed by atoms with E-state index in [9.17, 15) is 13.2 Å². The maximum absolute atomic E-state index is 13.0. The van der Waals surface area contributed by atoms with Gasteiger partial charge in [-0.3, -0.25) is 10.1 Å². The van der Waals surface area contributed by atoms with Gasteiger partial charge < -0.3 is 10.1 Å². The normalized spacial score (nSPS) is 16.1. The van der Waals surface area contributed by atoms with Crippen LogP contribution < -0.4 is 5.32 Å². The lowest BCUT2D eigenvalue weighted by Gasteiger charge is -2.24. The van der Waals surface area contributed by atoms with Crippen LogP contribution >= 0.6 is 0 Å². The van der Waals surface area contributed by atoms with Crippen molar-refractivity contribution in [1.82, 2.24) is 20.2 Å². The van der Waals surface area contributed by atoms with Gasteiger partial charge >= 0.3 is 6.18 Å². The van der Waals surface area contributed by atoms with Gasteiger partial charge in [0.15, 0.2) is 0 Å². The van der Waals surface area contributed by atoms with Gasteiger partial charge in [0.2, 0.25) is 0 Å². The molecule has 3 aromatic rings. The van der Waals surface area contributed by atoms with E-state index in [0.29, 0.717) is 35.6 Å². The second-order valence-corrected chi connectivity index (χ2v) is 6.11. The van der Waals surface area contributed by atoms with Gasteiger partial charge in [-0.05, 0) is 31.0 Å². The number of anilines is 1. The van der Waals surface area contributed by atoms with E-state index in [1.165, 1.54) is 0 Å². The predicted octanol–water partition coefficient (Wildman–Crippen LogP) is 3.63. The monoisotopic (exact) mass is 363 g/mol. The Morgan fingerprint density at radius 1 is 1.12 bits per heavy atom. The summed E-state index contributed by atoms with van der Waals surface area (Å²) in [6.07, 6.45) is 0.0114. The molecule has 0 amide bonds. The van der Waals surface area contributed by atoms with Crippen molar-refractivity contribution in [3.8, 4) is 11.4 Å². The van der Waals surface area contributed by atoms with Crippen LogP contribution in [0, 0.1) is 0 Å². The highest BCUT2D eigenvalue weighted by molar-refractivity contribution is 5.99. The number of aromatic nitrogens is 4. The molecule has 0 spiro atoms. The third-order valence-electron chi connectivity index (χ3n) is 4.37. The minimum absolute atomic E-state index is 0.147. The largest absolute Gasteiger partial charge is 0.416 e. The highest BCUT2D eigenvalue weighted by Crippen LogP contribution is 2.34. The molecule has 6 nitrogen and oxygen atoms in total. The number of ether oxygens (including phenoxy) is 1. The van der Waals surface area contributed by atoms with E-state index in [0.717, 1.165) is 31.2 Å². The number of rotatable bonds is 3. The van der Waals surface area contributed by atoms with Crippen molar-refractivity contribution in [2.45, 2.75) is 25.1 Å². The van der Waals surface area contributed by atoms with Gasteiger partial charge in [0.1, 0.15) is 11.5 Å². The van der Waals surface area contributed by atoms with E-state index in [2.05, 4.69) is 25.5 Å². The van der Waals surface area contributed by atoms with Crippen molar-refractivity contribution < 1.29 is 17.9 Å². The molecule has 9 heteroatoms. The van der Waals surface area contributed by atoms with Crippen LogP contribution in [0.1, 0.15) is 18.4 Å². The first-order valence-electron chi connectivity index (χ1n) is 8.23. The summed E-state index contributed by atoms with van der Waals surface area (Å²) >= 11 is 0. The molecule has 0 atom stereocenters. The Balaban J connectivity index is 1.76. The number of H-pyrrole nitrogens is 1. The molecule has 0 unspecified atom stereocenters. The Bertz CT molecular complexity index is 918. The number of fused-ring (bicyclic) bond motifs is 1. The number of hydrogen-bond acceptors (Lipinski definition) is 5. The summed E-state index contributed by atoms with van der Waals surface area (Å²) in [7, 11) is 0. The minimum atomic E-state index is -4.44. The Labute approximate surface area is 146 Å². The highest BCUT2D eigenvalue weighted by atomic mass is 19.4. The third kappa shape index (κ3) is 3.22. The number of halogens is 3. The SMILES string of the molecule is FC(F)(F)c1ccnc(-c2n[nH]c3ccnc(NC4CCOCC4)c23)c1. The van der Waals surface area contributed by atoms with Gasteiger partial charge in [-0.1, -0.05) is 0 Å². The van der Waals surface area contributed by atoms with Crippen LogP contribution in [-0.2, 0) is 10.9 Å². The molecule has 0 saturated carbocycles. The zero-order valence-corrected chi connectivity index (χ0v) is 13.7. The fraction of sp³-hybridized carbons (Fsp3) is 0.353. The van der Waals surface area contributed by atoms with E-state index >= 15 is 0 Å². The molecule has 2 N–H and O–H groups in total. The van der Waals surface area contributed by atoms with Gasteiger partial charge in [-0.15, -0.1) is 0 Å². The molecule has 1 aliphatic rings. The standard InChI is InChI=1S/C17H16F3N5O/c18-17(19,20)10-1-5-21-13(9-10)15-14-12(24-25-15)2-6-22-16(14)23-11-3-7-26-8-4-11/h1-2,5-6,9,11H,3-4,7-8H2,(H,22,23)(H,24,25). The van der Waals surface area contributed by atoms with Crippen molar-refractivity contribution in [3.63, 3.8) is 0 Å². The number of alkyl halides is 3. The first kappa shape index (κ1) is 16.8. The average molecular weight is 363 g/mol. The highest BCUT2D eigenvalue weighted by Gasteiger charge is 2.31. The zero-order chi connectivity index (χ0) is 18.1. The van der Waals surface area contributed by atoms with Crippen molar-refractivity contribution in [2.24, 2.45) is 0 Å². The van der Waals surface area contributed by atoms with Crippen molar-refractivity contribution in [1.29, 1.82) is 0 Å². The molecule has 26 heavy (non-hydrogen) atoms. The molecule has 1 fully saturated rings. The lowest BCUT2D eigenvalue weighted by molar-refractivity contribution is -0.137. The lowest BCUT2D eigenvalue weighted by Crippen LogP contribution is -2.28. The molecule has 0 bridgehead atoms. The topological polar surface area (TPSA) is 75.7 Å². The van der Waals surface area contributed by atoms with Gasteiger partial charge in [0.25, 0.3) is 0 Å². The van der Waals surface area contributed by atoms with Crippen LogP contribution in [0.4, 0.5) is 19.0 Å². The van der Waals surface area contributed by atoms with E-state index in [1.807, 2.05) is 0 Å². The Hall–Kier alpha value is -2.68. The summed E-state index contributed by atoms with van der Waals surface area (Å²) in [5, 5.41) is 11.0. The molecule has 3 aromatic heterocycles. The fourth-order valence-electron chi connectivity index (χ4n) is 3.03. The fourth-order valence-corrected chi connectivity index (χ4v) is 3.03. The van der Waals surface area contributed by atoms with Gasteiger partial charge in [0.05, 0.1) is 22.2 Å². The number of pyridine rings is 2. The number of nitrogens with one attached hydrogen (secondary N) is 2.